The summed E-state index contributed by atoms with van der Waals surface area (Å²) in [7, 11) is 1.79. The molecule has 0 saturated carbocycles. The van der Waals surface area contributed by atoms with Crippen LogP contribution in [0.15, 0.2) is 47.8 Å². The second-order valence-electron chi connectivity index (χ2n) is 6.27. The van der Waals surface area contributed by atoms with Crippen molar-refractivity contribution in [3.05, 3.63) is 58.3 Å². The third-order valence-corrected chi connectivity index (χ3v) is 5.50. The van der Waals surface area contributed by atoms with Crippen LogP contribution >= 0.6 is 11.3 Å². The fourth-order valence-corrected chi connectivity index (χ4v) is 3.80. The Labute approximate surface area is 146 Å². The Morgan fingerprint density at radius 3 is 2.75 bits per heavy atom. The average molecular weight is 342 g/mol. The number of amides is 2. The molecule has 1 aliphatic rings. The van der Waals surface area contributed by atoms with Crippen LogP contribution in [0.4, 0.5) is 0 Å². The van der Waals surface area contributed by atoms with Crippen LogP contribution in [-0.4, -0.2) is 30.3 Å². The first-order valence-electron chi connectivity index (χ1n) is 8.25. The lowest BCUT2D eigenvalue weighted by Crippen LogP contribution is -2.43. The van der Waals surface area contributed by atoms with Gasteiger partial charge in [-0.2, -0.15) is 0 Å². The highest BCUT2D eigenvalue weighted by atomic mass is 32.1. The van der Waals surface area contributed by atoms with Crippen molar-refractivity contribution in [3.8, 4) is 0 Å². The van der Waals surface area contributed by atoms with Gasteiger partial charge in [-0.1, -0.05) is 36.4 Å². The quantitative estimate of drug-likeness (QED) is 0.908. The molecule has 0 radical (unpaired) electrons. The van der Waals surface area contributed by atoms with Gasteiger partial charge in [0, 0.05) is 30.8 Å². The molecular weight excluding hydrogens is 320 g/mol. The van der Waals surface area contributed by atoms with Gasteiger partial charge in [0.15, 0.2) is 0 Å². The van der Waals surface area contributed by atoms with E-state index in [4.69, 9.17) is 0 Å². The summed E-state index contributed by atoms with van der Waals surface area (Å²) in [6.45, 7) is 0.652. The zero-order valence-corrected chi connectivity index (χ0v) is 14.6. The van der Waals surface area contributed by atoms with E-state index in [-0.39, 0.29) is 23.8 Å². The second kappa shape index (κ2) is 7.62. The predicted octanol–water partition coefficient (Wildman–Crippen LogP) is 3.02. The first-order chi connectivity index (χ1) is 11.6. The molecule has 0 aliphatic carbocycles. The molecule has 2 unspecified atom stereocenters. The molecule has 1 aromatic heterocycles. The number of carbonyl (C=O) groups is 2. The number of nitrogens with one attached hydrogen (secondary N) is 1. The molecule has 1 fully saturated rings. The lowest BCUT2D eigenvalue weighted by molar-refractivity contribution is -0.139. The van der Waals surface area contributed by atoms with E-state index in [1.54, 1.807) is 23.3 Å². The maximum atomic E-state index is 12.7. The molecule has 1 N–H and O–H groups in total. The van der Waals surface area contributed by atoms with Crippen LogP contribution in [0.2, 0.25) is 0 Å². The number of hydrogen-bond donors (Lipinski definition) is 1. The van der Waals surface area contributed by atoms with E-state index in [1.807, 2.05) is 29.6 Å². The number of hydrogen-bond acceptors (Lipinski definition) is 3. The van der Waals surface area contributed by atoms with E-state index in [0.29, 0.717) is 13.0 Å². The van der Waals surface area contributed by atoms with E-state index < -0.39 is 0 Å². The molecule has 24 heavy (non-hydrogen) atoms. The lowest BCUT2D eigenvalue weighted by atomic mass is 9.94. The van der Waals surface area contributed by atoms with Crippen LogP contribution in [-0.2, 0) is 16.0 Å². The summed E-state index contributed by atoms with van der Waals surface area (Å²) in [4.78, 5) is 27.4. The van der Waals surface area contributed by atoms with Gasteiger partial charge in [-0.25, -0.2) is 0 Å². The van der Waals surface area contributed by atoms with Crippen molar-refractivity contribution in [2.24, 2.45) is 5.92 Å². The summed E-state index contributed by atoms with van der Waals surface area (Å²) >= 11 is 1.65. The normalized spacial score (nSPS) is 19.1. The zero-order valence-electron chi connectivity index (χ0n) is 13.8. The van der Waals surface area contributed by atoms with Gasteiger partial charge < -0.3 is 10.2 Å². The minimum Gasteiger partial charge on any atom is -0.348 e. The Morgan fingerprint density at radius 1 is 1.29 bits per heavy atom. The number of piperidine rings is 1. The molecule has 1 saturated heterocycles. The second-order valence-corrected chi connectivity index (χ2v) is 7.25. The summed E-state index contributed by atoms with van der Waals surface area (Å²) in [6, 6.07) is 14.2. The highest BCUT2D eigenvalue weighted by Crippen LogP contribution is 2.25. The Kier molecular flexibility index (Phi) is 5.30. The Balaban J connectivity index is 1.70. The Bertz CT molecular complexity index is 685. The fraction of sp³-hybridized carbons (Fsp3) is 0.368. The van der Waals surface area contributed by atoms with Crippen molar-refractivity contribution < 1.29 is 9.59 Å². The van der Waals surface area contributed by atoms with Crippen LogP contribution < -0.4 is 5.32 Å². The molecule has 3 rings (SSSR count). The van der Waals surface area contributed by atoms with E-state index >= 15 is 0 Å². The van der Waals surface area contributed by atoms with Crippen molar-refractivity contribution in [3.63, 3.8) is 0 Å². The molecule has 2 atom stereocenters. The number of carbonyl (C=O) groups excluding carboxylic acids is 2. The number of thiophene rings is 1. The van der Waals surface area contributed by atoms with Crippen LogP contribution in [0.25, 0.3) is 0 Å². The van der Waals surface area contributed by atoms with Gasteiger partial charge in [-0.05, 0) is 29.9 Å². The first-order valence-corrected chi connectivity index (χ1v) is 9.13. The number of likely N-dealkylation sites (tertiary alicyclic amines) is 1. The number of rotatable bonds is 5. The minimum atomic E-state index is -0.216. The monoisotopic (exact) mass is 342 g/mol. The van der Waals surface area contributed by atoms with E-state index in [9.17, 15) is 9.59 Å². The predicted molar refractivity (Wildman–Crippen MR) is 95.7 cm³/mol. The molecular formula is C19H22N2O2S. The Morgan fingerprint density at radius 2 is 2.08 bits per heavy atom. The maximum absolute atomic E-state index is 12.7. The van der Waals surface area contributed by atoms with Gasteiger partial charge in [-0.15, -0.1) is 11.3 Å². The third-order valence-electron chi connectivity index (χ3n) is 4.52. The molecule has 4 nitrogen and oxygen atoms in total. The van der Waals surface area contributed by atoms with E-state index in [1.165, 1.54) is 5.56 Å². The molecule has 2 aromatic rings. The van der Waals surface area contributed by atoms with Crippen molar-refractivity contribution >= 4 is 23.2 Å². The van der Waals surface area contributed by atoms with Gasteiger partial charge in [0.25, 0.3) is 0 Å². The lowest BCUT2D eigenvalue weighted by Gasteiger charge is -2.29. The average Bonchev–Trinajstić information content (AvgIpc) is 3.12. The van der Waals surface area contributed by atoms with Crippen molar-refractivity contribution in [1.29, 1.82) is 0 Å². The van der Waals surface area contributed by atoms with Gasteiger partial charge in [-0.3, -0.25) is 9.59 Å². The maximum Gasteiger partial charge on any atom is 0.224 e. The first kappa shape index (κ1) is 16.7. The standard InChI is InChI=1S/C19H22N2O2S/c1-21-10-9-15(13-18(21)22)19(23)20-16(17-8-5-11-24-17)12-14-6-3-2-4-7-14/h2-8,11,15-16H,9-10,12-13H2,1H3,(H,20,23). The van der Waals surface area contributed by atoms with Crippen LogP contribution in [0.5, 0.6) is 0 Å². The fourth-order valence-electron chi connectivity index (χ4n) is 3.02. The Hall–Kier alpha value is -2.14. The number of benzene rings is 1. The van der Waals surface area contributed by atoms with Gasteiger partial charge in [0.1, 0.15) is 0 Å². The molecule has 2 amide bonds. The van der Waals surface area contributed by atoms with Crippen molar-refractivity contribution in [2.75, 3.05) is 13.6 Å². The van der Waals surface area contributed by atoms with Gasteiger partial charge >= 0.3 is 0 Å². The molecule has 0 spiro atoms. The van der Waals surface area contributed by atoms with Gasteiger partial charge in [0.05, 0.1) is 6.04 Å². The van der Waals surface area contributed by atoms with E-state index in [2.05, 4.69) is 23.5 Å². The largest absolute Gasteiger partial charge is 0.348 e. The minimum absolute atomic E-state index is 0.00854. The summed E-state index contributed by atoms with van der Waals surface area (Å²) in [5.74, 6) is -0.171. The molecule has 1 aliphatic heterocycles. The molecule has 0 bridgehead atoms. The summed E-state index contributed by atoms with van der Waals surface area (Å²) in [5.41, 5.74) is 1.19. The number of nitrogens with zero attached hydrogens (tertiary/aromatic N) is 1. The van der Waals surface area contributed by atoms with Crippen LogP contribution in [0.3, 0.4) is 0 Å². The highest BCUT2D eigenvalue weighted by Gasteiger charge is 2.30. The molecule has 1 aromatic carbocycles. The molecule has 2 heterocycles. The topological polar surface area (TPSA) is 49.4 Å². The summed E-state index contributed by atoms with van der Waals surface area (Å²) in [6.07, 6.45) is 1.80. The van der Waals surface area contributed by atoms with Crippen LogP contribution in [0, 0.1) is 5.92 Å². The van der Waals surface area contributed by atoms with Gasteiger partial charge in [0.2, 0.25) is 11.8 Å². The third kappa shape index (κ3) is 4.03. The smallest absolute Gasteiger partial charge is 0.224 e. The van der Waals surface area contributed by atoms with Crippen LogP contribution in [0.1, 0.15) is 29.3 Å². The summed E-state index contributed by atoms with van der Waals surface area (Å²) < 4.78 is 0. The highest BCUT2D eigenvalue weighted by molar-refractivity contribution is 7.10. The SMILES string of the molecule is CN1CCC(C(=O)NC(Cc2ccccc2)c2cccs2)CC1=O. The van der Waals surface area contributed by atoms with E-state index in [0.717, 1.165) is 17.7 Å². The zero-order chi connectivity index (χ0) is 16.9. The molecule has 5 heteroatoms. The van der Waals surface area contributed by atoms with Crippen molar-refractivity contribution in [1.82, 2.24) is 10.2 Å². The summed E-state index contributed by atoms with van der Waals surface area (Å²) in [5, 5.41) is 5.20. The molecule has 126 valence electrons. The van der Waals surface area contributed by atoms with Crippen molar-refractivity contribution in [2.45, 2.75) is 25.3 Å².